The van der Waals surface area contributed by atoms with Gasteiger partial charge in [-0.1, -0.05) is 0 Å². The van der Waals surface area contributed by atoms with Crippen molar-refractivity contribution < 1.29 is 0 Å². The molecule has 0 amide bonds. The van der Waals surface area contributed by atoms with E-state index in [1.807, 2.05) is 7.05 Å². The third-order valence-electron chi connectivity index (χ3n) is 5.96. The predicted molar refractivity (Wildman–Crippen MR) is 108 cm³/mol. The Labute approximate surface area is 162 Å². The molecule has 2 aliphatic rings. The monoisotopic (exact) mass is 377 g/mol. The first kappa shape index (κ1) is 17.1. The van der Waals surface area contributed by atoms with E-state index in [1.165, 1.54) is 18.4 Å². The SMILES string of the molecule is CN(c1nc2cnccc2c(=O)n1C)C1CN(c2cc3c(nn2)CCCC3)C1. The second-order valence-corrected chi connectivity index (χ2v) is 7.72. The van der Waals surface area contributed by atoms with Gasteiger partial charge in [0.25, 0.3) is 5.56 Å². The van der Waals surface area contributed by atoms with Crippen LogP contribution in [-0.2, 0) is 19.9 Å². The minimum atomic E-state index is -0.0500. The van der Waals surface area contributed by atoms with E-state index in [1.54, 1.807) is 30.1 Å². The fourth-order valence-corrected chi connectivity index (χ4v) is 4.11. The third kappa shape index (κ3) is 2.71. The van der Waals surface area contributed by atoms with Crippen molar-refractivity contribution in [3.8, 4) is 0 Å². The third-order valence-corrected chi connectivity index (χ3v) is 5.96. The van der Waals surface area contributed by atoms with Crippen molar-refractivity contribution >= 4 is 22.7 Å². The molecule has 4 heterocycles. The van der Waals surface area contributed by atoms with Gasteiger partial charge in [0, 0.05) is 33.4 Å². The average molecular weight is 377 g/mol. The fourth-order valence-electron chi connectivity index (χ4n) is 4.11. The van der Waals surface area contributed by atoms with Crippen molar-refractivity contribution in [2.24, 2.45) is 7.05 Å². The molecule has 1 saturated heterocycles. The molecule has 0 N–H and O–H groups in total. The van der Waals surface area contributed by atoms with Crippen molar-refractivity contribution in [1.29, 1.82) is 0 Å². The van der Waals surface area contributed by atoms with Crippen LogP contribution in [-0.4, -0.2) is 50.9 Å². The lowest BCUT2D eigenvalue weighted by atomic mass is 9.96. The first-order valence-electron chi connectivity index (χ1n) is 9.76. The van der Waals surface area contributed by atoms with Gasteiger partial charge in [-0.05, 0) is 43.4 Å². The second kappa shape index (κ2) is 6.54. The van der Waals surface area contributed by atoms with E-state index in [-0.39, 0.29) is 11.6 Å². The number of rotatable bonds is 3. The number of nitrogens with zero attached hydrogens (tertiary/aromatic N) is 7. The van der Waals surface area contributed by atoms with Gasteiger partial charge in [0.1, 0.15) is 0 Å². The van der Waals surface area contributed by atoms with Crippen LogP contribution in [0.4, 0.5) is 11.8 Å². The maximum Gasteiger partial charge on any atom is 0.262 e. The predicted octanol–water partition coefficient (Wildman–Crippen LogP) is 1.32. The number of likely N-dealkylation sites (N-methyl/N-ethyl adjacent to an activating group) is 1. The molecule has 0 unspecified atom stereocenters. The Bertz CT molecular complexity index is 1100. The number of pyridine rings is 1. The molecule has 1 aliphatic heterocycles. The van der Waals surface area contributed by atoms with E-state index in [9.17, 15) is 4.79 Å². The molecule has 8 heteroatoms. The van der Waals surface area contributed by atoms with E-state index >= 15 is 0 Å². The molecule has 1 aliphatic carbocycles. The summed E-state index contributed by atoms with van der Waals surface area (Å²) in [4.78, 5) is 25.7. The molecule has 0 atom stereocenters. The van der Waals surface area contributed by atoms with E-state index in [2.05, 4.69) is 36.0 Å². The van der Waals surface area contributed by atoms with E-state index in [0.717, 1.165) is 37.4 Å². The number of hydrogen-bond donors (Lipinski definition) is 0. The summed E-state index contributed by atoms with van der Waals surface area (Å²) in [5, 5.41) is 9.46. The highest BCUT2D eigenvalue weighted by atomic mass is 16.1. The number of fused-ring (bicyclic) bond motifs is 2. The standard InChI is InChI=1S/C20H23N7O/c1-25(20-22-17-10-21-8-7-15(17)19(28)26(20)2)14-11-27(12-14)18-9-13-5-3-4-6-16(13)23-24-18/h7-10,14H,3-6,11-12H2,1-2H3. The van der Waals surface area contributed by atoms with Crippen LogP contribution in [0, 0.1) is 0 Å². The van der Waals surface area contributed by atoms with Crippen LogP contribution >= 0.6 is 0 Å². The quantitative estimate of drug-likeness (QED) is 0.681. The van der Waals surface area contributed by atoms with Gasteiger partial charge in [-0.15, -0.1) is 5.10 Å². The molecule has 3 aromatic rings. The van der Waals surface area contributed by atoms with Crippen LogP contribution in [0.3, 0.4) is 0 Å². The lowest BCUT2D eigenvalue weighted by molar-refractivity contribution is 0.478. The van der Waals surface area contributed by atoms with Gasteiger partial charge in [-0.25, -0.2) is 4.98 Å². The van der Waals surface area contributed by atoms with E-state index < -0.39 is 0 Å². The van der Waals surface area contributed by atoms with Crippen molar-refractivity contribution in [3.63, 3.8) is 0 Å². The maximum atomic E-state index is 12.6. The first-order chi connectivity index (χ1) is 13.6. The Morgan fingerprint density at radius 1 is 1.18 bits per heavy atom. The highest BCUT2D eigenvalue weighted by Gasteiger charge is 2.33. The Morgan fingerprint density at radius 3 is 2.86 bits per heavy atom. The van der Waals surface area contributed by atoms with Crippen molar-refractivity contribution in [1.82, 2.24) is 24.7 Å². The largest absolute Gasteiger partial charge is 0.351 e. The normalized spacial score (nSPS) is 16.7. The topological polar surface area (TPSA) is 80.0 Å². The van der Waals surface area contributed by atoms with Gasteiger partial charge in [0.05, 0.1) is 28.8 Å². The van der Waals surface area contributed by atoms with Gasteiger partial charge in [-0.2, -0.15) is 5.10 Å². The van der Waals surface area contributed by atoms with Gasteiger partial charge in [0.15, 0.2) is 5.82 Å². The van der Waals surface area contributed by atoms with Crippen LogP contribution in [0.1, 0.15) is 24.1 Å². The summed E-state index contributed by atoms with van der Waals surface area (Å²) in [7, 11) is 3.76. The number of hydrogen-bond acceptors (Lipinski definition) is 7. The minimum Gasteiger partial charge on any atom is -0.351 e. The number of anilines is 2. The summed E-state index contributed by atoms with van der Waals surface area (Å²) in [6, 6.07) is 4.19. The van der Waals surface area contributed by atoms with Gasteiger partial charge in [-0.3, -0.25) is 14.3 Å². The van der Waals surface area contributed by atoms with Crippen molar-refractivity contribution in [2.75, 3.05) is 29.9 Å². The molecular weight excluding hydrogens is 354 g/mol. The van der Waals surface area contributed by atoms with Crippen molar-refractivity contribution in [3.05, 3.63) is 46.1 Å². The molecule has 144 valence electrons. The molecule has 0 aromatic carbocycles. The second-order valence-electron chi connectivity index (χ2n) is 7.72. The summed E-state index contributed by atoms with van der Waals surface area (Å²) < 4.78 is 1.61. The van der Waals surface area contributed by atoms with Crippen LogP contribution in [0.5, 0.6) is 0 Å². The summed E-state index contributed by atoms with van der Waals surface area (Å²) in [5.41, 5.74) is 3.09. The summed E-state index contributed by atoms with van der Waals surface area (Å²) in [6.07, 6.45) is 7.86. The molecule has 0 bridgehead atoms. The highest BCUT2D eigenvalue weighted by molar-refractivity contribution is 5.77. The van der Waals surface area contributed by atoms with Crippen LogP contribution in [0.15, 0.2) is 29.3 Å². The Kier molecular flexibility index (Phi) is 3.99. The summed E-state index contributed by atoms with van der Waals surface area (Å²) >= 11 is 0. The smallest absolute Gasteiger partial charge is 0.262 e. The molecule has 0 radical (unpaired) electrons. The molecular formula is C20H23N7O. The molecule has 8 nitrogen and oxygen atoms in total. The zero-order valence-electron chi connectivity index (χ0n) is 16.2. The Hall–Kier alpha value is -3.03. The Morgan fingerprint density at radius 2 is 2.00 bits per heavy atom. The Balaban J connectivity index is 1.36. The van der Waals surface area contributed by atoms with Gasteiger partial charge < -0.3 is 9.80 Å². The summed E-state index contributed by atoms with van der Waals surface area (Å²) in [5.74, 6) is 1.61. The zero-order valence-corrected chi connectivity index (χ0v) is 16.2. The zero-order chi connectivity index (χ0) is 19.3. The molecule has 5 rings (SSSR count). The van der Waals surface area contributed by atoms with Crippen LogP contribution in [0.2, 0.25) is 0 Å². The fraction of sp³-hybridized carbons (Fsp3) is 0.450. The molecule has 28 heavy (non-hydrogen) atoms. The molecule has 0 spiro atoms. The minimum absolute atomic E-state index is 0.0500. The highest BCUT2D eigenvalue weighted by Crippen LogP contribution is 2.27. The number of aromatic nitrogens is 5. The van der Waals surface area contributed by atoms with Gasteiger partial charge >= 0.3 is 0 Å². The summed E-state index contributed by atoms with van der Waals surface area (Å²) in [6.45, 7) is 1.68. The first-order valence-corrected chi connectivity index (χ1v) is 9.76. The lowest BCUT2D eigenvalue weighted by Gasteiger charge is -2.45. The van der Waals surface area contributed by atoms with Gasteiger partial charge in [0.2, 0.25) is 5.95 Å². The number of aryl methyl sites for hydroxylation is 2. The van der Waals surface area contributed by atoms with E-state index in [0.29, 0.717) is 16.9 Å². The lowest BCUT2D eigenvalue weighted by Crippen LogP contribution is -2.60. The van der Waals surface area contributed by atoms with Crippen LogP contribution < -0.4 is 15.4 Å². The maximum absolute atomic E-state index is 12.6. The molecule has 0 saturated carbocycles. The van der Waals surface area contributed by atoms with E-state index in [4.69, 9.17) is 0 Å². The average Bonchev–Trinajstić information content (AvgIpc) is 2.69. The molecule has 1 fully saturated rings. The van der Waals surface area contributed by atoms with Crippen molar-refractivity contribution in [2.45, 2.75) is 31.7 Å². The molecule has 3 aromatic heterocycles. The van der Waals surface area contributed by atoms with Crippen LogP contribution in [0.25, 0.3) is 10.9 Å².